The number of hydrogen-bond donors (Lipinski definition) is 2. The molecule has 4 saturated carbocycles. The maximum atomic E-state index is 13.6. The molecule has 182 valence electrons. The van der Waals surface area contributed by atoms with Gasteiger partial charge in [-0.2, -0.15) is 0 Å². The van der Waals surface area contributed by atoms with Gasteiger partial charge in [-0.05, 0) is 68.4 Å². The molecule has 7 nitrogen and oxygen atoms in total. The Hall–Kier alpha value is -3.13. The van der Waals surface area contributed by atoms with E-state index in [1.165, 1.54) is 31.4 Å². The highest BCUT2D eigenvalue weighted by Crippen LogP contribution is 2.55. The van der Waals surface area contributed by atoms with E-state index < -0.39 is 39.7 Å². The predicted octanol–water partition coefficient (Wildman–Crippen LogP) is 3.89. The van der Waals surface area contributed by atoms with Gasteiger partial charge in [-0.15, -0.1) is 0 Å². The summed E-state index contributed by atoms with van der Waals surface area (Å²) in [4.78, 5) is 26.7. The van der Waals surface area contributed by atoms with E-state index in [0.717, 1.165) is 23.6 Å². The highest BCUT2D eigenvalue weighted by atomic mass is 32.2. The third-order valence-electron chi connectivity index (χ3n) is 8.17. The van der Waals surface area contributed by atoms with E-state index in [0.29, 0.717) is 23.3 Å². The first-order chi connectivity index (χ1) is 16.8. The van der Waals surface area contributed by atoms with Crippen LogP contribution in [0.3, 0.4) is 0 Å². The summed E-state index contributed by atoms with van der Waals surface area (Å²) < 4.78 is 28.1. The first kappa shape index (κ1) is 22.3. The lowest BCUT2D eigenvalue weighted by molar-refractivity contribution is -0.126. The van der Waals surface area contributed by atoms with Crippen molar-refractivity contribution in [3.05, 3.63) is 71.4 Å². The fourth-order valence-electron chi connectivity index (χ4n) is 7.21. The van der Waals surface area contributed by atoms with Crippen molar-refractivity contribution in [3.63, 3.8) is 0 Å². The van der Waals surface area contributed by atoms with Gasteiger partial charge in [-0.1, -0.05) is 42.5 Å². The number of carbonyl (C=O) groups excluding carboxylic acids is 2. The van der Waals surface area contributed by atoms with Crippen molar-refractivity contribution >= 4 is 27.5 Å². The summed E-state index contributed by atoms with van der Waals surface area (Å²) in [5.74, 6) is 0.320. The number of aliphatic hydroxyl groups is 1. The van der Waals surface area contributed by atoms with Crippen molar-refractivity contribution in [1.82, 2.24) is 9.62 Å². The van der Waals surface area contributed by atoms with Gasteiger partial charge >= 0.3 is 0 Å². The fraction of sp³-hybridized carbons (Fsp3) is 0.407. The minimum absolute atomic E-state index is 0.0114. The van der Waals surface area contributed by atoms with Crippen LogP contribution in [0.4, 0.5) is 0 Å². The molecular weight excluding hydrogens is 464 g/mol. The van der Waals surface area contributed by atoms with Crippen LogP contribution in [0.1, 0.15) is 54.4 Å². The molecule has 0 saturated heterocycles. The molecule has 4 bridgehead atoms. The highest BCUT2D eigenvalue weighted by Gasteiger charge is 2.52. The molecule has 1 heterocycles. The number of nitrogens with zero attached hydrogens (tertiary/aromatic N) is 1. The van der Waals surface area contributed by atoms with Gasteiger partial charge in [0.05, 0.1) is 4.90 Å². The molecule has 1 aliphatic heterocycles. The van der Waals surface area contributed by atoms with E-state index in [9.17, 15) is 23.1 Å². The van der Waals surface area contributed by atoms with Crippen LogP contribution in [0.2, 0.25) is 0 Å². The summed E-state index contributed by atoms with van der Waals surface area (Å²) >= 11 is 0. The average molecular weight is 493 g/mol. The molecular formula is C27H28N2O5S. The van der Waals surface area contributed by atoms with Gasteiger partial charge < -0.3 is 10.4 Å². The number of nitrogens with one attached hydrogen (secondary N) is 1. The summed E-state index contributed by atoms with van der Waals surface area (Å²) in [6, 6.07) is 14.2. The second-order valence-corrected chi connectivity index (χ2v) is 12.5. The number of aliphatic hydroxyl groups excluding tert-OH is 1. The van der Waals surface area contributed by atoms with Crippen molar-refractivity contribution in [2.75, 3.05) is 6.54 Å². The van der Waals surface area contributed by atoms with E-state index in [-0.39, 0.29) is 16.0 Å². The summed E-state index contributed by atoms with van der Waals surface area (Å²) in [5, 5.41) is 14.3. The molecule has 5 aliphatic rings. The number of carbonyl (C=O) groups is 2. The Labute approximate surface area is 204 Å². The Morgan fingerprint density at radius 1 is 0.943 bits per heavy atom. The van der Waals surface area contributed by atoms with Crippen molar-refractivity contribution < 1.29 is 23.1 Å². The Kier molecular flexibility index (Phi) is 5.07. The zero-order valence-corrected chi connectivity index (χ0v) is 20.1. The van der Waals surface area contributed by atoms with Gasteiger partial charge in [0.25, 0.3) is 10.0 Å². The monoisotopic (exact) mass is 492 g/mol. The molecule has 4 fully saturated rings. The number of hydrogen-bond acceptors (Lipinski definition) is 5. The molecule has 0 atom stereocenters. The summed E-state index contributed by atoms with van der Waals surface area (Å²) in [6.45, 7) is -0.559. The zero-order valence-electron chi connectivity index (χ0n) is 19.3. The molecule has 7 rings (SSSR count). The number of amides is 1. The van der Waals surface area contributed by atoms with Crippen LogP contribution < -0.4 is 5.32 Å². The molecule has 2 aromatic carbocycles. The molecule has 1 amide bonds. The highest BCUT2D eigenvalue weighted by molar-refractivity contribution is 7.89. The van der Waals surface area contributed by atoms with Gasteiger partial charge in [0.1, 0.15) is 12.2 Å². The minimum atomic E-state index is -4.25. The minimum Gasteiger partial charge on any atom is -0.505 e. The first-order valence-corrected chi connectivity index (χ1v) is 13.7. The molecule has 0 spiro atoms. The SMILES string of the molecule is O=C(CN1/C(=C(/O)c2ccccc2)C(=O)c2ccccc2S1(=O)=O)NC12CC3CC(CC(C3)C1)C2. The fourth-order valence-corrected chi connectivity index (χ4v) is 8.83. The van der Waals surface area contributed by atoms with Gasteiger partial charge in [0, 0.05) is 16.7 Å². The van der Waals surface area contributed by atoms with Crippen LogP contribution in [0.5, 0.6) is 0 Å². The van der Waals surface area contributed by atoms with Crippen LogP contribution >= 0.6 is 0 Å². The molecule has 0 radical (unpaired) electrons. The van der Waals surface area contributed by atoms with Crippen LogP contribution in [0, 0.1) is 17.8 Å². The Balaban J connectivity index is 1.38. The third kappa shape index (κ3) is 3.66. The number of Topliss-reactive ketones (excluding diaryl/α,β-unsaturated/α-hetero) is 1. The number of ketones is 1. The lowest BCUT2D eigenvalue weighted by Crippen LogP contribution is -2.61. The summed E-state index contributed by atoms with van der Waals surface area (Å²) in [6.07, 6.45) is 6.45. The number of fused-ring (bicyclic) bond motifs is 1. The van der Waals surface area contributed by atoms with Gasteiger partial charge in [0.15, 0.2) is 5.76 Å². The van der Waals surface area contributed by atoms with Crippen LogP contribution in [-0.2, 0) is 14.8 Å². The topological polar surface area (TPSA) is 104 Å². The quantitative estimate of drug-likeness (QED) is 0.498. The third-order valence-corrected chi connectivity index (χ3v) is 9.97. The van der Waals surface area contributed by atoms with Crippen LogP contribution in [0.15, 0.2) is 65.2 Å². The molecule has 8 heteroatoms. The molecule has 2 aromatic rings. The Bertz CT molecular complexity index is 1310. The van der Waals surface area contributed by atoms with Gasteiger partial charge in [0.2, 0.25) is 11.7 Å². The van der Waals surface area contributed by atoms with Crippen molar-refractivity contribution in [2.45, 2.75) is 49.0 Å². The van der Waals surface area contributed by atoms with Crippen LogP contribution in [0.25, 0.3) is 5.76 Å². The second-order valence-electron chi connectivity index (χ2n) is 10.6. The molecule has 0 unspecified atom stereocenters. The summed E-state index contributed by atoms with van der Waals surface area (Å²) in [5.41, 5.74) is -0.395. The first-order valence-electron chi connectivity index (χ1n) is 12.2. The van der Waals surface area contributed by atoms with E-state index in [1.807, 2.05) is 0 Å². The maximum absolute atomic E-state index is 13.6. The van der Waals surface area contributed by atoms with E-state index >= 15 is 0 Å². The second kappa shape index (κ2) is 7.95. The average Bonchev–Trinajstić information content (AvgIpc) is 2.82. The number of allylic oxidation sites excluding steroid dienone is 1. The van der Waals surface area contributed by atoms with Gasteiger partial charge in [-0.25, -0.2) is 12.7 Å². The predicted molar refractivity (Wildman–Crippen MR) is 130 cm³/mol. The van der Waals surface area contributed by atoms with Crippen molar-refractivity contribution in [3.8, 4) is 0 Å². The van der Waals surface area contributed by atoms with E-state index in [4.69, 9.17) is 0 Å². The maximum Gasteiger partial charge on any atom is 0.265 e. The lowest BCUT2D eigenvalue weighted by Gasteiger charge is -2.57. The molecule has 0 aromatic heterocycles. The van der Waals surface area contributed by atoms with Crippen molar-refractivity contribution in [1.29, 1.82) is 0 Å². The Morgan fingerprint density at radius 3 is 2.14 bits per heavy atom. The number of rotatable bonds is 4. The van der Waals surface area contributed by atoms with Crippen molar-refractivity contribution in [2.24, 2.45) is 17.8 Å². The Morgan fingerprint density at radius 2 is 1.51 bits per heavy atom. The molecule has 2 N–H and O–H groups in total. The smallest absolute Gasteiger partial charge is 0.265 e. The van der Waals surface area contributed by atoms with E-state index in [1.54, 1.807) is 42.5 Å². The largest absolute Gasteiger partial charge is 0.505 e. The number of benzene rings is 2. The standard InChI is InChI=1S/C27H28N2O5S/c30-23(28-27-13-17-10-18(14-27)12-19(11-17)15-27)16-29-24(25(31)20-6-2-1-3-7-20)26(32)21-8-4-5-9-22(21)35(29,33)34/h1-9,17-19,31H,10-16H2,(H,28,30)/b25-24+. The van der Waals surface area contributed by atoms with E-state index in [2.05, 4.69) is 5.32 Å². The normalized spacial score (nSPS) is 31.7. The zero-order chi connectivity index (χ0) is 24.4. The number of sulfonamides is 1. The molecule has 4 aliphatic carbocycles. The summed E-state index contributed by atoms with van der Waals surface area (Å²) in [7, 11) is -4.25. The lowest BCUT2D eigenvalue weighted by atomic mass is 9.53. The van der Waals surface area contributed by atoms with Gasteiger partial charge in [-0.3, -0.25) is 9.59 Å². The molecule has 35 heavy (non-hydrogen) atoms. The van der Waals surface area contributed by atoms with Crippen LogP contribution in [-0.4, -0.2) is 41.6 Å².